The second-order valence-corrected chi connectivity index (χ2v) is 3.62. The average molecular weight is 317 g/mol. The number of carbonyl (C=O) groups is 1. The van der Waals surface area contributed by atoms with Gasteiger partial charge in [0.2, 0.25) is 0 Å². The van der Waals surface area contributed by atoms with Gasteiger partial charge in [0.15, 0.2) is 0 Å². The van der Waals surface area contributed by atoms with E-state index in [0.717, 1.165) is 6.20 Å². The molecule has 0 unspecified atom stereocenters. The first-order valence-corrected chi connectivity index (χ1v) is 4.61. The van der Waals surface area contributed by atoms with E-state index in [1.807, 2.05) is 22.6 Å². The Labute approximate surface area is 91.4 Å². The number of hydrogen-bond acceptors (Lipinski definition) is 2. The van der Waals surface area contributed by atoms with Crippen molar-refractivity contribution in [2.45, 2.75) is 6.43 Å². The molecule has 70 valence electrons. The first-order chi connectivity index (χ1) is 6.02. The summed E-state index contributed by atoms with van der Waals surface area (Å²) in [5.41, 5.74) is -0.614. The van der Waals surface area contributed by atoms with Gasteiger partial charge < -0.3 is 0 Å². The van der Waals surface area contributed by atoms with Crippen LogP contribution < -0.4 is 0 Å². The van der Waals surface area contributed by atoms with Crippen LogP contribution in [0.3, 0.4) is 0 Å². The fourth-order valence-corrected chi connectivity index (χ4v) is 1.40. The molecular weight excluding hydrogens is 314 g/mol. The van der Waals surface area contributed by atoms with Gasteiger partial charge in [-0.15, -0.1) is 0 Å². The minimum absolute atomic E-state index is 0.184. The number of rotatable bonds is 2. The van der Waals surface area contributed by atoms with Crippen LogP contribution in [0, 0.1) is 3.70 Å². The van der Waals surface area contributed by atoms with Crippen molar-refractivity contribution >= 4 is 39.4 Å². The Hall–Kier alpha value is -0.300. The Morgan fingerprint density at radius 2 is 2.23 bits per heavy atom. The van der Waals surface area contributed by atoms with Crippen LogP contribution in [0.15, 0.2) is 12.3 Å². The van der Waals surface area contributed by atoms with Crippen molar-refractivity contribution in [1.29, 1.82) is 0 Å². The van der Waals surface area contributed by atoms with Gasteiger partial charge in [0, 0.05) is 17.3 Å². The molecule has 0 aliphatic carbocycles. The van der Waals surface area contributed by atoms with E-state index in [-0.39, 0.29) is 5.56 Å². The zero-order chi connectivity index (χ0) is 10.0. The summed E-state index contributed by atoms with van der Waals surface area (Å²) in [7, 11) is 0. The van der Waals surface area contributed by atoms with Gasteiger partial charge in [0.25, 0.3) is 11.7 Å². The van der Waals surface area contributed by atoms with Crippen LogP contribution in [0.5, 0.6) is 0 Å². The molecule has 0 saturated carbocycles. The second kappa shape index (κ2) is 4.28. The third kappa shape index (κ3) is 2.57. The lowest BCUT2D eigenvalue weighted by Gasteiger charge is -2.03. The zero-order valence-corrected chi connectivity index (χ0v) is 9.01. The van der Waals surface area contributed by atoms with Gasteiger partial charge in [-0.25, -0.2) is 13.8 Å². The highest BCUT2D eigenvalue weighted by Crippen LogP contribution is 2.24. The number of nitrogens with zero attached hydrogens (tertiary/aromatic N) is 1. The fourth-order valence-electron chi connectivity index (χ4n) is 0.785. The van der Waals surface area contributed by atoms with Crippen LogP contribution in [0.4, 0.5) is 8.78 Å². The number of alkyl halides is 2. The summed E-state index contributed by atoms with van der Waals surface area (Å²) >= 11 is 6.93. The Morgan fingerprint density at radius 3 is 2.69 bits per heavy atom. The van der Waals surface area contributed by atoms with Gasteiger partial charge in [0.05, 0.1) is 0 Å². The normalized spacial score (nSPS) is 10.5. The minimum Gasteiger partial charge on any atom is -0.276 e. The van der Waals surface area contributed by atoms with Crippen LogP contribution >= 0.6 is 34.2 Å². The van der Waals surface area contributed by atoms with Crippen molar-refractivity contribution in [2.24, 2.45) is 0 Å². The van der Waals surface area contributed by atoms with Crippen molar-refractivity contribution in [3.05, 3.63) is 27.1 Å². The van der Waals surface area contributed by atoms with Crippen molar-refractivity contribution in [3.63, 3.8) is 0 Å². The van der Waals surface area contributed by atoms with Crippen LogP contribution in [-0.4, -0.2) is 10.2 Å². The Balaban J connectivity index is 3.27. The van der Waals surface area contributed by atoms with E-state index in [0.29, 0.717) is 3.70 Å². The van der Waals surface area contributed by atoms with Gasteiger partial charge in [-0.1, -0.05) is 0 Å². The van der Waals surface area contributed by atoms with Crippen LogP contribution in [-0.2, 0) is 0 Å². The summed E-state index contributed by atoms with van der Waals surface area (Å²) in [5.74, 6) is 0. The topological polar surface area (TPSA) is 30.0 Å². The quantitative estimate of drug-likeness (QED) is 0.477. The largest absolute Gasteiger partial charge is 0.276 e. The molecule has 0 radical (unpaired) electrons. The summed E-state index contributed by atoms with van der Waals surface area (Å²) in [6.45, 7) is 0. The maximum atomic E-state index is 12.3. The maximum absolute atomic E-state index is 12.3. The molecule has 0 aliphatic heterocycles. The van der Waals surface area contributed by atoms with Crippen molar-refractivity contribution in [2.75, 3.05) is 0 Å². The molecule has 0 bridgehead atoms. The highest BCUT2D eigenvalue weighted by molar-refractivity contribution is 14.1. The van der Waals surface area contributed by atoms with Crippen LogP contribution in [0.25, 0.3) is 0 Å². The summed E-state index contributed by atoms with van der Waals surface area (Å²) in [5, 5.41) is -0.893. The van der Waals surface area contributed by atoms with Gasteiger partial charge in [-0.05, 0) is 40.3 Å². The molecule has 0 aromatic carbocycles. The molecular formula is C7H3ClF2INO. The molecule has 6 heteroatoms. The number of carbonyl (C=O) groups excluding carboxylic acids is 1. The van der Waals surface area contributed by atoms with Gasteiger partial charge in [-0.3, -0.25) is 4.79 Å². The third-order valence-corrected chi connectivity index (χ3v) is 2.14. The number of halogens is 4. The Morgan fingerprint density at radius 1 is 1.62 bits per heavy atom. The lowest BCUT2D eigenvalue weighted by Crippen LogP contribution is -2.00. The molecule has 1 rings (SSSR count). The number of hydrogen-bond donors (Lipinski definition) is 0. The van der Waals surface area contributed by atoms with Crippen LogP contribution in [0.1, 0.15) is 22.3 Å². The monoisotopic (exact) mass is 317 g/mol. The van der Waals surface area contributed by atoms with Gasteiger partial charge in [-0.2, -0.15) is 0 Å². The predicted octanol–water partition coefficient (Wildman–Crippen LogP) is 3.00. The fraction of sp³-hybridized carbons (Fsp3) is 0.143. The van der Waals surface area contributed by atoms with E-state index in [2.05, 4.69) is 4.98 Å². The summed E-state index contributed by atoms with van der Waals surface area (Å²) in [6.07, 6.45) is -1.77. The van der Waals surface area contributed by atoms with Crippen molar-refractivity contribution in [1.82, 2.24) is 4.98 Å². The SMILES string of the molecule is O=C(Cl)c1cc(I)ncc1C(F)F. The molecule has 0 N–H and O–H groups in total. The maximum Gasteiger partial charge on any atom is 0.266 e. The van der Waals surface area contributed by atoms with E-state index >= 15 is 0 Å². The predicted molar refractivity (Wildman–Crippen MR) is 52.1 cm³/mol. The Bertz CT molecular complexity index is 345. The highest BCUT2D eigenvalue weighted by atomic mass is 127. The van der Waals surface area contributed by atoms with E-state index in [4.69, 9.17) is 11.6 Å². The van der Waals surface area contributed by atoms with E-state index in [9.17, 15) is 13.6 Å². The molecule has 0 amide bonds. The van der Waals surface area contributed by atoms with Gasteiger partial charge >= 0.3 is 0 Å². The molecule has 0 aliphatic rings. The second-order valence-electron chi connectivity index (χ2n) is 2.17. The zero-order valence-electron chi connectivity index (χ0n) is 6.10. The summed E-state index contributed by atoms with van der Waals surface area (Å²) in [6, 6.07) is 1.23. The first-order valence-electron chi connectivity index (χ1n) is 3.16. The molecule has 0 atom stereocenters. The molecule has 1 aromatic heterocycles. The smallest absolute Gasteiger partial charge is 0.266 e. The van der Waals surface area contributed by atoms with Crippen LogP contribution in [0.2, 0.25) is 0 Å². The molecule has 0 fully saturated rings. The molecule has 1 aromatic rings. The molecule has 0 saturated heterocycles. The van der Waals surface area contributed by atoms with Crippen molar-refractivity contribution < 1.29 is 13.6 Å². The third-order valence-electron chi connectivity index (χ3n) is 1.35. The summed E-state index contributed by atoms with van der Waals surface area (Å²) < 4.78 is 25.0. The van der Waals surface area contributed by atoms with E-state index in [1.54, 1.807) is 0 Å². The molecule has 13 heavy (non-hydrogen) atoms. The lowest BCUT2D eigenvalue weighted by atomic mass is 10.2. The average Bonchev–Trinajstić information content (AvgIpc) is 2.03. The highest BCUT2D eigenvalue weighted by Gasteiger charge is 2.17. The molecule has 2 nitrogen and oxygen atoms in total. The minimum atomic E-state index is -2.73. The lowest BCUT2D eigenvalue weighted by molar-refractivity contribution is 0.106. The van der Waals surface area contributed by atoms with E-state index in [1.165, 1.54) is 6.07 Å². The summed E-state index contributed by atoms with van der Waals surface area (Å²) in [4.78, 5) is 14.4. The Kier molecular flexibility index (Phi) is 3.55. The molecule has 0 spiro atoms. The first kappa shape index (κ1) is 10.8. The van der Waals surface area contributed by atoms with E-state index < -0.39 is 17.2 Å². The molecule has 1 heterocycles. The van der Waals surface area contributed by atoms with Gasteiger partial charge in [0.1, 0.15) is 3.70 Å². The number of pyridine rings is 1. The number of aromatic nitrogens is 1. The van der Waals surface area contributed by atoms with Crippen molar-refractivity contribution in [3.8, 4) is 0 Å². The standard InChI is InChI=1S/C7H3ClF2INO/c8-6(13)3-1-5(11)12-2-4(3)7(9)10/h1-2,7H.